The number of nitrogens with one attached hydrogen (secondary N) is 1. The van der Waals surface area contributed by atoms with Gasteiger partial charge in [0.25, 0.3) is 10.0 Å². The number of benzene rings is 3. The summed E-state index contributed by atoms with van der Waals surface area (Å²) >= 11 is 6.44. The molecule has 0 radical (unpaired) electrons. The molecule has 0 aliphatic rings. The molecular formula is C29H34ClN3O5S. The number of carbonyl (C=O) groups excluding carboxylic acids is 2. The van der Waals surface area contributed by atoms with Crippen molar-refractivity contribution in [3.05, 3.63) is 88.9 Å². The van der Waals surface area contributed by atoms with Gasteiger partial charge in [-0.1, -0.05) is 60.5 Å². The van der Waals surface area contributed by atoms with E-state index < -0.39 is 28.5 Å². The Morgan fingerprint density at radius 3 is 2.31 bits per heavy atom. The number of ether oxygens (including phenoxy) is 1. The Balaban J connectivity index is 2.08. The molecule has 0 aliphatic heterocycles. The number of rotatable bonds is 12. The second kappa shape index (κ2) is 13.5. The highest BCUT2D eigenvalue weighted by Crippen LogP contribution is 2.31. The lowest BCUT2D eigenvalue weighted by Gasteiger charge is -2.33. The maximum atomic E-state index is 14.0. The number of hydrogen-bond donors (Lipinski definition) is 1. The molecule has 0 aromatic heterocycles. The lowest BCUT2D eigenvalue weighted by molar-refractivity contribution is -0.140. The number of carbonyl (C=O) groups is 2. The fourth-order valence-corrected chi connectivity index (χ4v) is 5.90. The first-order chi connectivity index (χ1) is 18.6. The maximum absolute atomic E-state index is 14.0. The molecule has 0 bridgehead atoms. The predicted octanol–water partition coefficient (Wildman–Crippen LogP) is 4.80. The van der Waals surface area contributed by atoms with Crippen LogP contribution in [0.4, 0.5) is 5.69 Å². The van der Waals surface area contributed by atoms with Crippen molar-refractivity contribution < 1.29 is 22.7 Å². The molecule has 8 nitrogen and oxygen atoms in total. The van der Waals surface area contributed by atoms with Gasteiger partial charge in [-0.3, -0.25) is 13.9 Å². The zero-order chi connectivity index (χ0) is 28.6. The van der Waals surface area contributed by atoms with E-state index in [2.05, 4.69) is 5.32 Å². The first-order valence-corrected chi connectivity index (χ1v) is 14.5. The Labute approximate surface area is 235 Å². The second-order valence-electron chi connectivity index (χ2n) is 8.97. The van der Waals surface area contributed by atoms with Crippen LogP contribution in [0.25, 0.3) is 0 Å². The molecule has 1 atom stereocenters. The minimum Gasteiger partial charge on any atom is -0.497 e. The fourth-order valence-electron chi connectivity index (χ4n) is 4.18. The summed E-state index contributed by atoms with van der Waals surface area (Å²) in [6.45, 7) is 5.37. The smallest absolute Gasteiger partial charge is 0.264 e. The highest BCUT2D eigenvalue weighted by molar-refractivity contribution is 7.92. The molecule has 0 heterocycles. The van der Waals surface area contributed by atoms with Crippen molar-refractivity contribution >= 4 is 39.1 Å². The van der Waals surface area contributed by atoms with Crippen molar-refractivity contribution in [1.82, 2.24) is 10.2 Å². The second-order valence-corrected chi connectivity index (χ2v) is 11.2. The van der Waals surface area contributed by atoms with E-state index in [-0.39, 0.29) is 28.1 Å². The lowest BCUT2D eigenvalue weighted by atomic mass is 10.1. The summed E-state index contributed by atoms with van der Waals surface area (Å²) in [5, 5.41) is 2.96. The summed E-state index contributed by atoms with van der Waals surface area (Å²) < 4.78 is 34.1. The van der Waals surface area contributed by atoms with Crippen LogP contribution in [0.1, 0.15) is 31.4 Å². The average molecular weight is 572 g/mol. The normalized spacial score (nSPS) is 11.9. The molecule has 0 saturated carbocycles. The van der Waals surface area contributed by atoms with E-state index in [9.17, 15) is 18.0 Å². The van der Waals surface area contributed by atoms with Gasteiger partial charge in [0, 0.05) is 13.1 Å². The highest BCUT2D eigenvalue weighted by Gasteiger charge is 2.34. The van der Waals surface area contributed by atoms with Gasteiger partial charge in [0.2, 0.25) is 11.8 Å². The molecule has 2 amide bonds. The van der Waals surface area contributed by atoms with Gasteiger partial charge in [0.05, 0.1) is 22.7 Å². The summed E-state index contributed by atoms with van der Waals surface area (Å²) in [6.07, 6.45) is 0.332. The molecule has 0 saturated heterocycles. The summed E-state index contributed by atoms with van der Waals surface area (Å²) in [5.41, 5.74) is 1.79. The van der Waals surface area contributed by atoms with Gasteiger partial charge in [-0.05, 0) is 62.2 Å². The molecular weight excluding hydrogens is 538 g/mol. The summed E-state index contributed by atoms with van der Waals surface area (Å²) in [4.78, 5) is 28.4. The van der Waals surface area contributed by atoms with E-state index in [0.29, 0.717) is 18.7 Å². The Morgan fingerprint density at radius 1 is 1.00 bits per heavy atom. The SMILES string of the molecule is CCNC(=O)[C@@H](CC)N(Cc1cccc(OC)c1)C(=O)CN(c1ccccc1Cl)S(=O)(=O)c1ccc(C)cc1. The molecule has 1 N–H and O–H groups in total. The van der Waals surface area contributed by atoms with Gasteiger partial charge in [-0.15, -0.1) is 0 Å². The zero-order valence-corrected chi connectivity index (χ0v) is 24.1. The Hall–Kier alpha value is -3.56. The van der Waals surface area contributed by atoms with Crippen molar-refractivity contribution in [3.63, 3.8) is 0 Å². The number of methoxy groups -OCH3 is 1. The van der Waals surface area contributed by atoms with Crippen LogP contribution in [0.2, 0.25) is 5.02 Å². The largest absolute Gasteiger partial charge is 0.497 e. The van der Waals surface area contributed by atoms with Gasteiger partial charge in [0.15, 0.2) is 0 Å². The molecule has 3 aromatic carbocycles. The highest BCUT2D eigenvalue weighted by atomic mass is 35.5. The third-order valence-electron chi connectivity index (χ3n) is 6.23. The Kier molecular flexibility index (Phi) is 10.4. The van der Waals surface area contributed by atoms with Crippen LogP contribution in [-0.4, -0.2) is 51.4 Å². The van der Waals surface area contributed by atoms with Crippen molar-refractivity contribution in [2.75, 3.05) is 24.5 Å². The summed E-state index contributed by atoms with van der Waals surface area (Å²) in [6, 6.07) is 19.2. The maximum Gasteiger partial charge on any atom is 0.264 e. The van der Waals surface area contributed by atoms with E-state index in [4.69, 9.17) is 16.3 Å². The zero-order valence-electron chi connectivity index (χ0n) is 22.6. The molecule has 0 spiro atoms. The predicted molar refractivity (Wildman–Crippen MR) is 153 cm³/mol. The Morgan fingerprint density at radius 2 is 1.69 bits per heavy atom. The number of aryl methyl sites for hydroxylation is 1. The molecule has 10 heteroatoms. The van der Waals surface area contributed by atoms with Gasteiger partial charge < -0.3 is 15.0 Å². The molecule has 0 fully saturated rings. The topological polar surface area (TPSA) is 96.0 Å². The molecule has 0 aliphatic carbocycles. The van der Waals surface area contributed by atoms with E-state index >= 15 is 0 Å². The number of nitrogens with zero attached hydrogens (tertiary/aromatic N) is 2. The van der Waals surface area contributed by atoms with Crippen LogP contribution in [0.3, 0.4) is 0 Å². The first kappa shape index (κ1) is 30.0. The summed E-state index contributed by atoms with van der Waals surface area (Å²) in [5.74, 6) is -0.265. The molecule has 0 unspecified atom stereocenters. The van der Waals surface area contributed by atoms with E-state index in [0.717, 1.165) is 15.4 Å². The minimum atomic E-state index is -4.19. The van der Waals surface area contributed by atoms with Crippen LogP contribution >= 0.6 is 11.6 Å². The summed E-state index contributed by atoms with van der Waals surface area (Å²) in [7, 11) is -2.64. The molecule has 208 valence electrons. The average Bonchev–Trinajstić information content (AvgIpc) is 2.92. The van der Waals surface area contributed by atoms with Crippen LogP contribution in [0.15, 0.2) is 77.7 Å². The first-order valence-electron chi connectivity index (χ1n) is 12.7. The minimum absolute atomic E-state index is 0.0240. The van der Waals surface area contributed by atoms with Crippen molar-refractivity contribution in [2.45, 2.75) is 44.7 Å². The number of hydrogen-bond acceptors (Lipinski definition) is 5. The third kappa shape index (κ3) is 7.30. The quantitative estimate of drug-likeness (QED) is 0.337. The number of halogens is 1. The van der Waals surface area contributed by atoms with Crippen LogP contribution in [0, 0.1) is 6.92 Å². The van der Waals surface area contributed by atoms with Crippen molar-refractivity contribution in [2.24, 2.45) is 0 Å². The van der Waals surface area contributed by atoms with Crippen molar-refractivity contribution in [1.29, 1.82) is 0 Å². The number of amides is 2. The van der Waals surface area contributed by atoms with Crippen LogP contribution in [-0.2, 0) is 26.2 Å². The third-order valence-corrected chi connectivity index (χ3v) is 8.33. The van der Waals surface area contributed by atoms with Gasteiger partial charge in [0.1, 0.15) is 18.3 Å². The van der Waals surface area contributed by atoms with Crippen LogP contribution in [0.5, 0.6) is 5.75 Å². The number of sulfonamides is 1. The Bertz CT molecular complexity index is 1400. The standard InChI is InChI=1S/C29H34ClN3O5S/c1-5-26(29(35)31-6-2)32(19-22-10-9-11-23(18-22)38-4)28(34)20-33(27-13-8-7-12-25(27)30)39(36,37)24-16-14-21(3)15-17-24/h7-18,26H,5-6,19-20H2,1-4H3,(H,31,35)/t26-/m1/s1. The van der Waals surface area contributed by atoms with Crippen LogP contribution < -0.4 is 14.4 Å². The van der Waals surface area contributed by atoms with Gasteiger partial charge in [-0.2, -0.15) is 0 Å². The monoisotopic (exact) mass is 571 g/mol. The lowest BCUT2D eigenvalue weighted by Crippen LogP contribution is -2.52. The van der Waals surface area contributed by atoms with Crippen molar-refractivity contribution in [3.8, 4) is 5.75 Å². The molecule has 39 heavy (non-hydrogen) atoms. The van der Waals surface area contributed by atoms with E-state index in [1.165, 1.54) is 17.0 Å². The molecule has 3 aromatic rings. The van der Waals surface area contributed by atoms with Gasteiger partial charge in [-0.25, -0.2) is 8.42 Å². The number of anilines is 1. The number of para-hydroxylation sites is 1. The fraction of sp³-hybridized carbons (Fsp3) is 0.310. The number of likely N-dealkylation sites (N-methyl/N-ethyl adjacent to an activating group) is 1. The van der Waals surface area contributed by atoms with Gasteiger partial charge >= 0.3 is 0 Å². The van der Waals surface area contributed by atoms with E-state index in [1.54, 1.807) is 75.6 Å². The molecule has 3 rings (SSSR count). The van der Waals surface area contributed by atoms with E-state index in [1.807, 2.05) is 13.0 Å².